The molecule has 0 spiro atoms. The van der Waals surface area contributed by atoms with Crippen LogP contribution in [0.1, 0.15) is 11.1 Å². The Balaban J connectivity index is 2.91. The second-order valence-corrected chi connectivity index (χ2v) is 3.68. The second kappa shape index (κ2) is 3.05. The van der Waals surface area contributed by atoms with Crippen molar-refractivity contribution in [3.8, 4) is 5.75 Å². The summed E-state index contributed by atoms with van der Waals surface area (Å²) < 4.78 is 0. The lowest BCUT2D eigenvalue weighted by Crippen LogP contribution is -2.07. The molecule has 2 aromatic rings. The molecule has 1 N–H and O–H groups in total. The van der Waals surface area contributed by atoms with E-state index in [0.29, 0.717) is 5.46 Å². The van der Waals surface area contributed by atoms with E-state index in [1.165, 1.54) is 5.56 Å². The van der Waals surface area contributed by atoms with Gasteiger partial charge in [-0.3, -0.25) is 0 Å². The van der Waals surface area contributed by atoms with Crippen LogP contribution < -0.4 is 5.46 Å². The molecule has 0 aliphatic carbocycles. The third-order valence-corrected chi connectivity index (χ3v) is 2.51. The molecule has 0 heterocycles. The minimum Gasteiger partial charge on any atom is -0.508 e. The van der Waals surface area contributed by atoms with Crippen LogP contribution >= 0.6 is 0 Å². The molecule has 2 heteroatoms. The summed E-state index contributed by atoms with van der Waals surface area (Å²) in [5.74, 6) is 0.194. The van der Waals surface area contributed by atoms with Crippen LogP contribution in [0.5, 0.6) is 5.75 Å². The monoisotopic (exact) mass is 182 g/mol. The molecule has 2 aromatic carbocycles. The molecule has 14 heavy (non-hydrogen) atoms. The molecular formula is C12H11BO. The Bertz CT molecular complexity index is 503. The summed E-state index contributed by atoms with van der Waals surface area (Å²) in [6.45, 7) is 3.93. The van der Waals surface area contributed by atoms with Crippen molar-refractivity contribution in [3.05, 3.63) is 35.4 Å². The second-order valence-electron chi connectivity index (χ2n) is 3.68. The summed E-state index contributed by atoms with van der Waals surface area (Å²) in [4.78, 5) is 0. The van der Waals surface area contributed by atoms with Crippen LogP contribution in [-0.2, 0) is 0 Å². The van der Waals surface area contributed by atoms with E-state index in [9.17, 15) is 5.11 Å². The van der Waals surface area contributed by atoms with Crippen molar-refractivity contribution in [1.29, 1.82) is 0 Å². The maximum absolute atomic E-state index is 9.80. The van der Waals surface area contributed by atoms with Gasteiger partial charge in [0.05, 0.1) is 0 Å². The average molecular weight is 182 g/mol. The zero-order chi connectivity index (χ0) is 10.3. The molecule has 2 radical (unpaired) electrons. The van der Waals surface area contributed by atoms with Crippen LogP contribution in [-0.4, -0.2) is 13.0 Å². The van der Waals surface area contributed by atoms with Gasteiger partial charge in [-0.2, -0.15) is 0 Å². The fourth-order valence-corrected chi connectivity index (χ4v) is 1.66. The number of phenolic OH excluding ortho intramolecular Hbond substituents is 1. The SMILES string of the molecule is [B]c1c(C)cc2cc(C)ccc2c1O. The molecule has 0 aliphatic rings. The van der Waals surface area contributed by atoms with Gasteiger partial charge in [-0.15, -0.1) is 0 Å². The van der Waals surface area contributed by atoms with E-state index in [0.717, 1.165) is 16.3 Å². The van der Waals surface area contributed by atoms with Gasteiger partial charge in [0.25, 0.3) is 0 Å². The highest BCUT2D eigenvalue weighted by atomic mass is 16.3. The van der Waals surface area contributed by atoms with Crippen LogP contribution in [0.2, 0.25) is 0 Å². The van der Waals surface area contributed by atoms with E-state index in [-0.39, 0.29) is 5.75 Å². The summed E-state index contributed by atoms with van der Waals surface area (Å²) >= 11 is 0. The van der Waals surface area contributed by atoms with Gasteiger partial charge < -0.3 is 5.11 Å². The van der Waals surface area contributed by atoms with Gasteiger partial charge in [-0.25, -0.2) is 0 Å². The van der Waals surface area contributed by atoms with Crippen molar-refractivity contribution in [2.75, 3.05) is 0 Å². The molecule has 0 saturated carbocycles. The Morgan fingerprint density at radius 2 is 1.86 bits per heavy atom. The summed E-state index contributed by atoms with van der Waals surface area (Å²) in [5, 5.41) is 11.7. The highest BCUT2D eigenvalue weighted by Gasteiger charge is 2.05. The number of benzene rings is 2. The van der Waals surface area contributed by atoms with Gasteiger partial charge in [0, 0.05) is 5.39 Å². The number of rotatable bonds is 0. The van der Waals surface area contributed by atoms with Gasteiger partial charge in [0.15, 0.2) is 0 Å². The summed E-state index contributed by atoms with van der Waals surface area (Å²) in [6, 6.07) is 7.91. The van der Waals surface area contributed by atoms with Gasteiger partial charge in [0.2, 0.25) is 0 Å². The zero-order valence-corrected chi connectivity index (χ0v) is 8.33. The minimum absolute atomic E-state index is 0.194. The predicted molar refractivity (Wildman–Crippen MR) is 60.5 cm³/mol. The highest BCUT2D eigenvalue weighted by molar-refractivity contribution is 6.36. The van der Waals surface area contributed by atoms with Crippen molar-refractivity contribution in [2.24, 2.45) is 0 Å². The van der Waals surface area contributed by atoms with E-state index in [2.05, 4.69) is 0 Å². The largest absolute Gasteiger partial charge is 0.508 e. The third-order valence-electron chi connectivity index (χ3n) is 2.51. The highest BCUT2D eigenvalue weighted by Crippen LogP contribution is 2.24. The summed E-state index contributed by atoms with van der Waals surface area (Å²) in [7, 11) is 5.74. The average Bonchev–Trinajstić information content (AvgIpc) is 2.14. The first-order valence-electron chi connectivity index (χ1n) is 4.58. The van der Waals surface area contributed by atoms with E-state index in [4.69, 9.17) is 7.85 Å². The van der Waals surface area contributed by atoms with E-state index < -0.39 is 0 Å². The Hall–Kier alpha value is -1.44. The molecule has 0 saturated heterocycles. The number of fused-ring (bicyclic) bond motifs is 1. The summed E-state index contributed by atoms with van der Waals surface area (Å²) in [5.41, 5.74) is 2.57. The molecule has 0 fully saturated rings. The van der Waals surface area contributed by atoms with Crippen molar-refractivity contribution in [1.82, 2.24) is 0 Å². The van der Waals surface area contributed by atoms with E-state index >= 15 is 0 Å². The number of phenols is 1. The fraction of sp³-hybridized carbons (Fsp3) is 0.167. The maximum atomic E-state index is 9.80. The smallest absolute Gasteiger partial charge is 0.119 e. The molecular weight excluding hydrogens is 171 g/mol. The Kier molecular flexibility index (Phi) is 1.99. The van der Waals surface area contributed by atoms with Gasteiger partial charge in [0.1, 0.15) is 13.6 Å². The van der Waals surface area contributed by atoms with Crippen LogP contribution in [0.15, 0.2) is 24.3 Å². The number of hydrogen-bond acceptors (Lipinski definition) is 1. The van der Waals surface area contributed by atoms with Crippen molar-refractivity contribution >= 4 is 24.1 Å². The van der Waals surface area contributed by atoms with Crippen LogP contribution in [0.4, 0.5) is 0 Å². The number of aryl methyl sites for hydroxylation is 2. The standard InChI is InChI=1S/C12H11BO/c1-7-3-4-10-9(5-7)6-8(2)11(13)12(10)14/h3-6,14H,1-2H3. The Morgan fingerprint density at radius 3 is 2.57 bits per heavy atom. The molecule has 2 rings (SSSR count). The lowest BCUT2D eigenvalue weighted by molar-refractivity contribution is 0.485. The quantitative estimate of drug-likeness (QED) is 0.617. The first-order valence-corrected chi connectivity index (χ1v) is 4.58. The molecule has 0 amide bonds. The lowest BCUT2D eigenvalue weighted by Gasteiger charge is -2.08. The summed E-state index contributed by atoms with van der Waals surface area (Å²) in [6.07, 6.45) is 0. The zero-order valence-electron chi connectivity index (χ0n) is 8.33. The number of aromatic hydroxyl groups is 1. The first kappa shape index (κ1) is 9.13. The van der Waals surface area contributed by atoms with Crippen LogP contribution in [0, 0.1) is 13.8 Å². The van der Waals surface area contributed by atoms with Gasteiger partial charge in [-0.05, 0) is 19.2 Å². The van der Waals surface area contributed by atoms with Crippen molar-refractivity contribution in [2.45, 2.75) is 13.8 Å². The Morgan fingerprint density at radius 1 is 1.14 bits per heavy atom. The van der Waals surface area contributed by atoms with Gasteiger partial charge >= 0.3 is 0 Å². The van der Waals surface area contributed by atoms with E-state index in [1.54, 1.807) is 0 Å². The minimum atomic E-state index is 0.194. The molecule has 1 nitrogen and oxygen atoms in total. The van der Waals surface area contributed by atoms with E-state index in [1.807, 2.05) is 38.1 Å². The molecule has 68 valence electrons. The Labute approximate surface area is 84.8 Å². The third kappa shape index (κ3) is 1.27. The van der Waals surface area contributed by atoms with Crippen LogP contribution in [0.3, 0.4) is 0 Å². The molecule has 0 atom stereocenters. The van der Waals surface area contributed by atoms with Gasteiger partial charge in [-0.1, -0.05) is 40.9 Å². The van der Waals surface area contributed by atoms with Crippen LogP contribution in [0.25, 0.3) is 10.8 Å². The molecule has 0 aromatic heterocycles. The lowest BCUT2D eigenvalue weighted by atomic mass is 9.87. The van der Waals surface area contributed by atoms with Crippen molar-refractivity contribution < 1.29 is 5.11 Å². The maximum Gasteiger partial charge on any atom is 0.119 e. The normalized spacial score (nSPS) is 10.7. The topological polar surface area (TPSA) is 20.2 Å². The number of hydrogen-bond donors (Lipinski definition) is 1. The molecule has 0 bridgehead atoms. The molecule has 0 aliphatic heterocycles. The fourth-order valence-electron chi connectivity index (χ4n) is 1.66. The molecule has 0 unspecified atom stereocenters. The van der Waals surface area contributed by atoms with Crippen molar-refractivity contribution in [3.63, 3.8) is 0 Å². The first-order chi connectivity index (χ1) is 6.59. The predicted octanol–water partition coefficient (Wildman–Crippen LogP) is 1.96.